The monoisotopic (exact) mass is 263 g/mol. The van der Waals surface area contributed by atoms with Gasteiger partial charge < -0.3 is 5.32 Å². The maximum atomic E-state index is 11.4. The fraction of sp³-hybridized carbons (Fsp3) is 1.00. The number of hydrogen-bond acceptors (Lipinski definition) is 3. The molecular formula is C13H29NO2S. The third-order valence-corrected chi connectivity index (χ3v) is 4.94. The Bertz CT molecular complexity index is 284. The molecule has 0 unspecified atom stereocenters. The van der Waals surface area contributed by atoms with Gasteiger partial charge in [0.15, 0.2) is 0 Å². The van der Waals surface area contributed by atoms with Gasteiger partial charge in [0.1, 0.15) is 9.84 Å². The Kier molecular flexibility index (Phi) is 8.05. The normalized spacial score (nSPS) is 12.9. The molecule has 0 aromatic heterocycles. The molecule has 17 heavy (non-hydrogen) atoms. The van der Waals surface area contributed by atoms with Gasteiger partial charge in [-0.3, -0.25) is 0 Å². The summed E-state index contributed by atoms with van der Waals surface area (Å²) in [5.41, 5.74) is 0.240. The molecule has 0 aliphatic carbocycles. The Balaban J connectivity index is 3.78. The van der Waals surface area contributed by atoms with Gasteiger partial charge in [-0.05, 0) is 44.2 Å². The van der Waals surface area contributed by atoms with Crippen LogP contribution in [0.25, 0.3) is 0 Å². The van der Waals surface area contributed by atoms with E-state index in [1.165, 1.54) is 0 Å². The molecule has 0 aromatic carbocycles. The van der Waals surface area contributed by atoms with E-state index in [1.807, 2.05) is 0 Å². The van der Waals surface area contributed by atoms with Crippen molar-refractivity contribution in [1.82, 2.24) is 5.32 Å². The van der Waals surface area contributed by atoms with E-state index in [-0.39, 0.29) is 11.2 Å². The maximum Gasteiger partial charge on any atom is 0.150 e. The first-order valence-corrected chi connectivity index (χ1v) is 8.56. The fourth-order valence-electron chi connectivity index (χ4n) is 1.77. The maximum absolute atomic E-state index is 11.4. The molecule has 1 N–H and O–H groups in total. The van der Waals surface area contributed by atoms with Gasteiger partial charge in [-0.2, -0.15) is 0 Å². The summed E-state index contributed by atoms with van der Waals surface area (Å²) in [6, 6.07) is 0. The molecule has 0 amide bonds. The Morgan fingerprint density at radius 3 is 2.24 bits per heavy atom. The van der Waals surface area contributed by atoms with Crippen LogP contribution in [0.1, 0.15) is 53.4 Å². The lowest BCUT2D eigenvalue weighted by Crippen LogP contribution is -2.23. The smallest absolute Gasteiger partial charge is 0.150 e. The van der Waals surface area contributed by atoms with Gasteiger partial charge in [0.25, 0.3) is 0 Å². The van der Waals surface area contributed by atoms with Crippen molar-refractivity contribution in [2.75, 3.05) is 24.6 Å². The molecule has 0 aliphatic rings. The molecule has 0 bridgehead atoms. The molecule has 0 aliphatic heterocycles. The van der Waals surface area contributed by atoms with E-state index in [1.54, 1.807) is 6.92 Å². The molecule has 0 spiro atoms. The molecule has 0 rings (SSSR count). The topological polar surface area (TPSA) is 46.2 Å². The molecule has 0 aromatic rings. The molecule has 0 saturated carbocycles. The summed E-state index contributed by atoms with van der Waals surface area (Å²) in [5.74, 6) is 0.612. The zero-order chi connectivity index (χ0) is 13.4. The molecule has 0 fully saturated rings. The first-order valence-electron chi connectivity index (χ1n) is 6.74. The van der Waals surface area contributed by atoms with Crippen molar-refractivity contribution >= 4 is 9.84 Å². The second-order valence-corrected chi connectivity index (χ2v) is 7.98. The second kappa shape index (κ2) is 8.09. The molecular weight excluding hydrogens is 234 g/mol. The van der Waals surface area contributed by atoms with Gasteiger partial charge in [-0.15, -0.1) is 0 Å². The second-order valence-electron chi connectivity index (χ2n) is 5.50. The number of nitrogens with one attached hydrogen (secondary N) is 1. The minimum atomic E-state index is -2.79. The predicted octanol–water partition coefficient (Wildman–Crippen LogP) is 2.62. The Labute approximate surface area is 107 Å². The van der Waals surface area contributed by atoms with Crippen LogP contribution in [0.4, 0.5) is 0 Å². The third kappa shape index (κ3) is 9.60. The zero-order valence-electron chi connectivity index (χ0n) is 11.9. The van der Waals surface area contributed by atoms with E-state index in [0.717, 1.165) is 38.8 Å². The van der Waals surface area contributed by atoms with Crippen LogP contribution >= 0.6 is 0 Å². The third-order valence-electron chi connectivity index (χ3n) is 3.15. The fourth-order valence-corrected chi connectivity index (χ4v) is 2.64. The highest BCUT2D eigenvalue weighted by atomic mass is 32.2. The highest BCUT2D eigenvalue weighted by Gasteiger charge is 2.18. The van der Waals surface area contributed by atoms with Gasteiger partial charge >= 0.3 is 0 Å². The quantitative estimate of drug-likeness (QED) is 0.616. The van der Waals surface area contributed by atoms with Crippen LogP contribution in [0.5, 0.6) is 0 Å². The van der Waals surface area contributed by atoms with E-state index in [4.69, 9.17) is 0 Å². The molecule has 4 heteroatoms. The van der Waals surface area contributed by atoms with Crippen LogP contribution in [0.15, 0.2) is 0 Å². The van der Waals surface area contributed by atoms with Gasteiger partial charge in [-0.25, -0.2) is 8.42 Å². The lowest BCUT2D eigenvalue weighted by atomic mass is 9.84. The highest BCUT2D eigenvalue weighted by Crippen LogP contribution is 2.26. The molecule has 104 valence electrons. The van der Waals surface area contributed by atoms with E-state index < -0.39 is 9.84 Å². The molecule has 3 nitrogen and oxygen atoms in total. The van der Waals surface area contributed by atoms with Crippen molar-refractivity contribution in [2.45, 2.75) is 53.4 Å². The van der Waals surface area contributed by atoms with E-state index in [0.29, 0.717) is 5.75 Å². The van der Waals surface area contributed by atoms with Gasteiger partial charge in [0.2, 0.25) is 0 Å². The summed E-state index contributed by atoms with van der Waals surface area (Å²) in [5, 5.41) is 3.39. The Morgan fingerprint density at radius 1 is 1.06 bits per heavy atom. The first-order chi connectivity index (χ1) is 7.83. The van der Waals surface area contributed by atoms with Crippen LogP contribution in [0, 0.1) is 5.41 Å². The average Bonchev–Trinajstić information content (AvgIpc) is 2.24. The minimum absolute atomic E-state index is 0.240. The van der Waals surface area contributed by atoms with Crippen molar-refractivity contribution in [1.29, 1.82) is 0 Å². The largest absolute Gasteiger partial charge is 0.317 e. The summed E-state index contributed by atoms with van der Waals surface area (Å²) in [7, 11) is -2.79. The predicted molar refractivity (Wildman–Crippen MR) is 75.1 cm³/mol. The van der Waals surface area contributed by atoms with Crippen LogP contribution in [0.2, 0.25) is 0 Å². The summed E-state index contributed by atoms with van der Waals surface area (Å²) in [6.45, 7) is 10.4. The lowest BCUT2D eigenvalue weighted by Gasteiger charge is -2.24. The van der Waals surface area contributed by atoms with Crippen molar-refractivity contribution in [3.8, 4) is 0 Å². The van der Waals surface area contributed by atoms with Crippen LogP contribution in [-0.4, -0.2) is 33.0 Å². The van der Waals surface area contributed by atoms with Crippen molar-refractivity contribution in [2.24, 2.45) is 5.41 Å². The van der Waals surface area contributed by atoms with Crippen LogP contribution < -0.4 is 5.32 Å². The Hall–Kier alpha value is -0.0900. The van der Waals surface area contributed by atoms with E-state index >= 15 is 0 Å². The van der Waals surface area contributed by atoms with Gasteiger partial charge in [0.05, 0.1) is 5.75 Å². The SMILES string of the molecule is CCCNCCC(C)(C)CCCS(=O)(=O)CC. The standard InChI is InChI=1S/C13H29NO2S/c1-5-10-14-11-9-13(3,4)8-7-12-17(15,16)6-2/h14H,5-12H2,1-4H3. The number of rotatable bonds is 10. The van der Waals surface area contributed by atoms with Crippen molar-refractivity contribution in [3.05, 3.63) is 0 Å². The minimum Gasteiger partial charge on any atom is -0.317 e. The van der Waals surface area contributed by atoms with Gasteiger partial charge in [0, 0.05) is 5.75 Å². The average molecular weight is 263 g/mol. The number of hydrogen-bond donors (Lipinski definition) is 1. The molecule has 0 atom stereocenters. The van der Waals surface area contributed by atoms with Crippen molar-refractivity contribution in [3.63, 3.8) is 0 Å². The van der Waals surface area contributed by atoms with Crippen LogP contribution in [0.3, 0.4) is 0 Å². The summed E-state index contributed by atoms with van der Waals surface area (Å²) < 4.78 is 22.7. The number of sulfone groups is 1. The van der Waals surface area contributed by atoms with E-state index in [2.05, 4.69) is 26.1 Å². The first kappa shape index (κ1) is 16.9. The van der Waals surface area contributed by atoms with E-state index in [9.17, 15) is 8.42 Å². The summed E-state index contributed by atoms with van der Waals surface area (Å²) in [6.07, 6.45) is 4.05. The zero-order valence-corrected chi connectivity index (χ0v) is 12.7. The molecule has 0 saturated heterocycles. The summed E-state index contributed by atoms with van der Waals surface area (Å²) in [4.78, 5) is 0. The van der Waals surface area contributed by atoms with Crippen molar-refractivity contribution < 1.29 is 8.42 Å². The summed E-state index contributed by atoms with van der Waals surface area (Å²) >= 11 is 0. The molecule has 0 radical (unpaired) electrons. The molecule has 0 heterocycles. The Morgan fingerprint density at radius 2 is 1.71 bits per heavy atom. The van der Waals surface area contributed by atoms with Crippen LogP contribution in [-0.2, 0) is 9.84 Å². The van der Waals surface area contributed by atoms with Gasteiger partial charge in [-0.1, -0.05) is 27.7 Å². The highest BCUT2D eigenvalue weighted by molar-refractivity contribution is 7.91. The lowest BCUT2D eigenvalue weighted by molar-refractivity contribution is 0.299.